The number of nitrogens with zero attached hydrogens (tertiary/aromatic N) is 4. The van der Waals surface area contributed by atoms with E-state index in [1.165, 1.54) is 15.9 Å². The summed E-state index contributed by atoms with van der Waals surface area (Å²) in [6.45, 7) is 1.72. The normalized spacial score (nSPS) is 10.6. The lowest BCUT2D eigenvalue weighted by atomic mass is 10.1. The number of hydrogen-bond donors (Lipinski definition) is 1. The molecule has 0 spiro atoms. The monoisotopic (exact) mass is 719 g/mol. The molecule has 3 aromatic carbocycles. The summed E-state index contributed by atoms with van der Waals surface area (Å²) in [5, 5.41) is 4.19. The number of carbonyl (C=O) groups excluding carboxylic acids is 3. The van der Waals surface area contributed by atoms with Crippen LogP contribution in [0.2, 0.25) is 10.0 Å². The van der Waals surface area contributed by atoms with Gasteiger partial charge in [-0.3, -0.25) is 14.4 Å². The van der Waals surface area contributed by atoms with Crippen molar-refractivity contribution >= 4 is 94.1 Å². The van der Waals surface area contributed by atoms with Gasteiger partial charge in [0.05, 0.1) is 17.3 Å². The van der Waals surface area contributed by atoms with Gasteiger partial charge in [-0.25, -0.2) is 4.98 Å². The van der Waals surface area contributed by atoms with Gasteiger partial charge in [-0.05, 0) is 55.0 Å². The van der Waals surface area contributed by atoms with Gasteiger partial charge in [0.25, 0.3) is 5.91 Å². The second-order valence-corrected chi connectivity index (χ2v) is 11.6. The van der Waals surface area contributed by atoms with Crippen LogP contribution in [0.4, 0.5) is 11.4 Å². The predicted molar refractivity (Wildman–Crippen MR) is 196 cm³/mol. The van der Waals surface area contributed by atoms with Crippen LogP contribution < -0.4 is 19.9 Å². The smallest absolute Gasteiger partial charge is 0.253 e. The van der Waals surface area contributed by atoms with E-state index in [0.717, 1.165) is 27.8 Å². The Balaban J connectivity index is 0.00000384. The molecule has 47 heavy (non-hydrogen) atoms. The maximum atomic E-state index is 13.0. The summed E-state index contributed by atoms with van der Waals surface area (Å²) in [4.78, 5) is 47.0. The van der Waals surface area contributed by atoms with E-state index >= 15 is 0 Å². The molecule has 4 rings (SSSR count). The predicted octanol–water partition coefficient (Wildman–Crippen LogP) is 6.83. The fourth-order valence-corrected chi connectivity index (χ4v) is 5.19. The Morgan fingerprint density at radius 3 is 2.23 bits per heavy atom. The van der Waals surface area contributed by atoms with Gasteiger partial charge >= 0.3 is 0 Å². The lowest BCUT2D eigenvalue weighted by Gasteiger charge is -2.21. The quantitative estimate of drug-likeness (QED) is 0.181. The number of halogens is 4. The van der Waals surface area contributed by atoms with E-state index in [1.54, 1.807) is 63.6 Å². The fourth-order valence-electron chi connectivity index (χ4n) is 4.58. The number of hydrogen-bond acceptors (Lipinski definition) is 6. The van der Waals surface area contributed by atoms with Crippen molar-refractivity contribution in [2.75, 3.05) is 51.6 Å². The van der Waals surface area contributed by atoms with Crippen molar-refractivity contribution in [3.63, 3.8) is 0 Å². The van der Waals surface area contributed by atoms with Crippen LogP contribution in [0.15, 0.2) is 66.7 Å². The Labute approximate surface area is 297 Å². The Hall–Kier alpha value is -4.02. The summed E-state index contributed by atoms with van der Waals surface area (Å²) in [5.41, 5.74) is 4.81. The van der Waals surface area contributed by atoms with Crippen LogP contribution in [0, 0.1) is 6.92 Å². The molecule has 13 heteroatoms. The third-order valence-corrected chi connectivity index (χ3v) is 7.84. The molecular weight excluding hydrogens is 684 g/mol. The number of aryl methyl sites for hydroxylation is 1. The maximum absolute atomic E-state index is 13.0. The van der Waals surface area contributed by atoms with Gasteiger partial charge in [0.2, 0.25) is 11.8 Å². The minimum Gasteiger partial charge on any atom is -0.487 e. The Bertz CT molecular complexity index is 1780. The highest BCUT2D eigenvalue weighted by Gasteiger charge is 2.20. The van der Waals surface area contributed by atoms with E-state index in [2.05, 4.69) is 5.32 Å². The number of likely N-dealkylation sites (N-methyl/N-ethyl adjacent to an activating group) is 1. The molecule has 0 saturated heterocycles. The first-order valence-corrected chi connectivity index (χ1v) is 14.8. The standard InChI is InChI=1S/C34H35Cl2N5O4.2ClH/c1-21-18-28(39(2)3)24-8-7-9-29(33(24)38-21)45-20-25-26(35)15-16-27(32(25)36)41(6)31(43)19-37-30(42)17-12-22-10-13-23(14-11-22)34(44)40(4)5;;/h7-18H,19-20H2,1-6H3,(H,37,42);2*1H/b17-12+;;. The van der Waals surface area contributed by atoms with E-state index in [0.29, 0.717) is 27.6 Å². The van der Waals surface area contributed by atoms with E-state index in [9.17, 15) is 14.4 Å². The highest BCUT2D eigenvalue weighted by atomic mass is 35.5. The lowest BCUT2D eigenvalue weighted by Crippen LogP contribution is -2.37. The van der Waals surface area contributed by atoms with Crippen LogP contribution in [0.25, 0.3) is 17.0 Å². The molecule has 0 fully saturated rings. The molecule has 0 aliphatic heterocycles. The minimum atomic E-state index is -0.446. The summed E-state index contributed by atoms with van der Waals surface area (Å²) in [5.74, 6) is -0.362. The third kappa shape index (κ3) is 9.51. The van der Waals surface area contributed by atoms with Crippen LogP contribution in [0.5, 0.6) is 5.75 Å². The Morgan fingerprint density at radius 2 is 1.60 bits per heavy atom. The average molecular weight is 722 g/mol. The molecule has 1 aromatic heterocycles. The topological polar surface area (TPSA) is 95.1 Å². The number of benzene rings is 3. The lowest BCUT2D eigenvalue weighted by molar-refractivity contribution is -0.122. The molecule has 0 saturated carbocycles. The molecule has 0 aliphatic carbocycles. The number of carbonyl (C=O) groups is 3. The zero-order valence-electron chi connectivity index (χ0n) is 26.8. The number of aromatic nitrogens is 1. The zero-order valence-corrected chi connectivity index (χ0v) is 30.0. The molecule has 250 valence electrons. The molecular formula is C34H37Cl4N5O4. The largest absolute Gasteiger partial charge is 0.487 e. The van der Waals surface area contributed by atoms with Gasteiger partial charge < -0.3 is 24.8 Å². The highest BCUT2D eigenvalue weighted by molar-refractivity contribution is 6.38. The third-order valence-electron chi connectivity index (χ3n) is 7.07. The number of amides is 3. The summed E-state index contributed by atoms with van der Waals surface area (Å²) in [6, 6.07) is 17.9. The zero-order chi connectivity index (χ0) is 32.8. The van der Waals surface area contributed by atoms with Crippen molar-refractivity contribution in [3.05, 3.63) is 99.2 Å². The molecule has 3 amide bonds. The van der Waals surface area contributed by atoms with Crippen molar-refractivity contribution in [3.8, 4) is 5.75 Å². The number of anilines is 2. The van der Waals surface area contributed by atoms with Gasteiger partial charge in [0.1, 0.15) is 17.9 Å². The van der Waals surface area contributed by atoms with Crippen LogP contribution in [-0.2, 0) is 16.2 Å². The number of para-hydroxylation sites is 1. The van der Waals surface area contributed by atoms with Crippen LogP contribution in [0.1, 0.15) is 27.2 Å². The summed E-state index contributed by atoms with van der Waals surface area (Å²) < 4.78 is 6.19. The number of pyridine rings is 1. The second-order valence-electron chi connectivity index (χ2n) is 10.8. The molecule has 0 radical (unpaired) electrons. The van der Waals surface area contributed by atoms with Crippen molar-refractivity contribution in [2.24, 2.45) is 0 Å². The van der Waals surface area contributed by atoms with Crippen molar-refractivity contribution in [1.29, 1.82) is 0 Å². The molecule has 0 bridgehead atoms. The molecule has 0 atom stereocenters. The van der Waals surface area contributed by atoms with E-state index in [4.69, 9.17) is 32.9 Å². The Kier molecular flexibility index (Phi) is 14.3. The molecule has 1 N–H and O–H groups in total. The van der Waals surface area contributed by atoms with Gasteiger partial charge in [-0.2, -0.15) is 0 Å². The average Bonchev–Trinajstić information content (AvgIpc) is 3.01. The number of ether oxygens (including phenoxy) is 1. The minimum absolute atomic E-state index is 0. The number of rotatable bonds is 10. The van der Waals surface area contributed by atoms with E-state index in [-0.39, 0.29) is 54.8 Å². The Morgan fingerprint density at radius 1 is 0.915 bits per heavy atom. The molecule has 0 unspecified atom stereocenters. The molecule has 4 aromatic rings. The maximum Gasteiger partial charge on any atom is 0.253 e. The molecule has 0 aliphatic rings. The summed E-state index contributed by atoms with van der Waals surface area (Å²) in [7, 11) is 8.88. The summed E-state index contributed by atoms with van der Waals surface area (Å²) >= 11 is 13.3. The first-order valence-electron chi connectivity index (χ1n) is 14.1. The van der Waals surface area contributed by atoms with Gasteiger partial charge in [-0.15, -0.1) is 24.8 Å². The first kappa shape index (κ1) is 39.2. The van der Waals surface area contributed by atoms with E-state index < -0.39 is 5.91 Å². The fraction of sp³-hybridized carbons (Fsp3) is 0.235. The number of fused-ring (bicyclic) bond motifs is 1. The number of nitrogens with one attached hydrogen (secondary N) is 1. The van der Waals surface area contributed by atoms with Gasteiger partial charge in [0, 0.05) is 74.2 Å². The van der Waals surface area contributed by atoms with Gasteiger partial charge in [0.15, 0.2) is 0 Å². The van der Waals surface area contributed by atoms with Gasteiger partial charge in [-0.1, -0.05) is 47.5 Å². The molecule has 1 heterocycles. The second kappa shape index (κ2) is 17.2. The van der Waals surface area contributed by atoms with Crippen LogP contribution in [0.3, 0.4) is 0 Å². The highest BCUT2D eigenvalue weighted by Crippen LogP contribution is 2.36. The van der Waals surface area contributed by atoms with Crippen molar-refractivity contribution in [1.82, 2.24) is 15.2 Å². The summed E-state index contributed by atoms with van der Waals surface area (Å²) in [6.07, 6.45) is 2.93. The van der Waals surface area contributed by atoms with E-state index in [1.807, 2.05) is 50.2 Å². The van der Waals surface area contributed by atoms with Crippen LogP contribution >= 0.6 is 48.0 Å². The van der Waals surface area contributed by atoms with Crippen LogP contribution in [-0.4, -0.2) is 69.4 Å². The van der Waals surface area contributed by atoms with Crippen molar-refractivity contribution < 1.29 is 19.1 Å². The SMILES string of the molecule is Cc1cc(N(C)C)c2cccc(OCc3c(Cl)ccc(N(C)C(=O)CNC(=O)/C=C/c4ccc(C(=O)N(C)C)cc4)c3Cl)c2n1.Cl.Cl. The molecule has 9 nitrogen and oxygen atoms in total. The van der Waals surface area contributed by atoms with Crippen molar-refractivity contribution in [2.45, 2.75) is 13.5 Å². The first-order chi connectivity index (χ1) is 21.4.